The highest BCUT2D eigenvalue weighted by Crippen LogP contribution is 2.45. The normalized spacial score (nSPS) is 14.4. The number of phosphoric ester groups is 2. The highest BCUT2D eigenvalue weighted by Gasteiger charge is 2.30. The molecule has 0 rings (SSSR count). The van der Waals surface area contributed by atoms with E-state index in [0.29, 0.717) is 31.6 Å². The Hall–Kier alpha value is -1.94. The molecule has 0 radical (unpaired) electrons. The minimum atomic E-state index is -4.95. The van der Waals surface area contributed by atoms with Gasteiger partial charge in [0.1, 0.15) is 19.3 Å². The fourth-order valence-corrected chi connectivity index (χ4v) is 12.3. The summed E-state index contributed by atoms with van der Waals surface area (Å²) < 4.78 is 68.2. The molecule has 0 aromatic carbocycles. The highest BCUT2D eigenvalue weighted by atomic mass is 31.2. The summed E-state index contributed by atoms with van der Waals surface area (Å²) in [5, 5.41) is 10.6. The van der Waals surface area contributed by atoms with Crippen molar-refractivity contribution in [2.45, 2.75) is 381 Å². The molecule has 0 amide bonds. The molecular weight excluding hydrogens is 1190 g/mol. The topological polar surface area (TPSA) is 237 Å². The van der Waals surface area contributed by atoms with Gasteiger partial charge in [-0.05, 0) is 37.5 Å². The van der Waals surface area contributed by atoms with Crippen LogP contribution in [0.25, 0.3) is 0 Å². The van der Waals surface area contributed by atoms with Crippen molar-refractivity contribution in [1.82, 2.24) is 0 Å². The van der Waals surface area contributed by atoms with E-state index in [4.69, 9.17) is 37.0 Å². The number of rotatable bonds is 70. The van der Waals surface area contributed by atoms with E-state index in [2.05, 4.69) is 41.5 Å². The number of carbonyl (C=O) groups is 4. The molecule has 0 saturated heterocycles. The number of carbonyl (C=O) groups excluding carboxylic acids is 4. The number of unbranched alkanes of at least 4 members (excludes halogenated alkanes) is 39. The summed E-state index contributed by atoms with van der Waals surface area (Å²) in [5.74, 6) is -0.651. The van der Waals surface area contributed by atoms with E-state index in [-0.39, 0.29) is 25.7 Å². The van der Waals surface area contributed by atoms with Gasteiger partial charge in [-0.2, -0.15) is 0 Å². The maximum atomic E-state index is 13.0. The second-order valence-electron chi connectivity index (χ2n) is 26.3. The monoisotopic (exact) mass is 1320 g/mol. The minimum Gasteiger partial charge on any atom is -0.462 e. The molecule has 0 spiro atoms. The van der Waals surface area contributed by atoms with Crippen molar-refractivity contribution >= 4 is 39.5 Å². The Morgan fingerprint density at radius 1 is 0.322 bits per heavy atom. The molecule has 534 valence electrons. The zero-order valence-electron chi connectivity index (χ0n) is 58.4. The first-order valence-corrected chi connectivity index (χ1v) is 40.0. The predicted molar refractivity (Wildman–Crippen MR) is 363 cm³/mol. The number of hydrogen-bond acceptors (Lipinski definition) is 15. The van der Waals surface area contributed by atoms with E-state index in [1.165, 1.54) is 173 Å². The van der Waals surface area contributed by atoms with Crippen LogP contribution < -0.4 is 0 Å². The molecule has 0 aliphatic rings. The molecule has 19 heteroatoms. The Bertz CT molecular complexity index is 1750. The van der Waals surface area contributed by atoms with Gasteiger partial charge in [0, 0.05) is 25.7 Å². The van der Waals surface area contributed by atoms with Gasteiger partial charge in [-0.15, -0.1) is 0 Å². The maximum absolute atomic E-state index is 13.0. The molecule has 0 saturated carbocycles. The summed E-state index contributed by atoms with van der Waals surface area (Å²) >= 11 is 0. The lowest BCUT2D eigenvalue weighted by Crippen LogP contribution is -2.30. The third-order valence-corrected chi connectivity index (χ3v) is 18.7. The number of aliphatic hydroxyl groups excluding tert-OH is 1. The Labute approximate surface area is 549 Å². The first-order chi connectivity index (χ1) is 43.4. The number of hydrogen-bond donors (Lipinski definition) is 3. The van der Waals surface area contributed by atoms with E-state index in [1.807, 2.05) is 0 Å². The van der Waals surface area contributed by atoms with Gasteiger partial charge in [0.2, 0.25) is 0 Å². The quantitative estimate of drug-likeness (QED) is 0.0222. The Morgan fingerprint density at radius 3 is 0.844 bits per heavy atom. The molecule has 0 aliphatic heterocycles. The molecule has 3 N–H and O–H groups in total. The molecule has 3 unspecified atom stereocenters. The highest BCUT2D eigenvalue weighted by molar-refractivity contribution is 7.47. The van der Waals surface area contributed by atoms with Crippen molar-refractivity contribution < 1.29 is 80.2 Å². The van der Waals surface area contributed by atoms with Crippen LogP contribution in [0, 0.1) is 11.8 Å². The molecule has 0 aliphatic carbocycles. The van der Waals surface area contributed by atoms with Crippen LogP contribution in [0.3, 0.4) is 0 Å². The van der Waals surface area contributed by atoms with Gasteiger partial charge < -0.3 is 33.8 Å². The zero-order valence-corrected chi connectivity index (χ0v) is 60.2. The summed E-state index contributed by atoms with van der Waals surface area (Å²) in [6.07, 6.45) is 48.8. The molecule has 90 heavy (non-hydrogen) atoms. The van der Waals surface area contributed by atoms with Crippen LogP contribution in [0.2, 0.25) is 0 Å². The van der Waals surface area contributed by atoms with Crippen molar-refractivity contribution in [2.24, 2.45) is 11.8 Å². The minimum absolute atomic E-state index is 0.102. The van der Waals surface area contributed by atoms with Crippen molar-refractivity contribution in [2.75, 3.05) is 39.6 Å². The molecule has 0 bridgehead atoms. The predicted octanol–water partition coefficient (Wildman–Crippen LogP) is 20.4. The smallest absolute Gasteiger partial charge is 0.462 e. The second kappa shape index (κ2) is 63.1. The van der Waals surface area contributed by atoms with Gasteiger partial charge in [0.15, 0.2) is 12.2 Å². The van der Waals surface area contributed by atoms with Crippen LogP contribution >= 0.6 is 15.6 Å². The number of ether oxygens (including phenoxy) is 4. The fourth-order valence-electron chi connectivity index (χ4n) is 10.7. The van der Waals surface area contributed by atoms with Gasteiger partial charge in [-0.25, -0.2) is 9.13 Å². The van der Waals surface area contributed by atoms with Crippen LogP contribution in [0.4, 0.5) is 0 Å². The van der Waals surface area contributed by atoms with Crippen molar-refractivity contribution in [3.05, 3.63) is 0 Å². The Balaban J connectivity index is 5.19. The van der Waals surface area contributed by atoms with Crippen molar-refractivity contribution in [1.29, 1.82) is 0 Å². The van der Waals surface area contributed by atoms with Crippen molar-refractivity contribution in [3.63, 3.8) is 0 Å². The van der Waals surface area contributed by atoms with E-state index in [1.54, 1.807) is 0 Å². The largest absolute Gasteiger partial charge is 0.472 e. The lowest BCUT2D eigenvalue weighted by molar-refractivity contribution is -0.161. The average molecular weight is 1330 g/mol. The molecule has 0 heterocycles. The standard InChI is InChI=1S/C71H138O17P2/c1-7-10-12-14-16-18-19-20-21-22-23-24-25-26-27-32-36-43-49-55-70(75)87-66(59-82-69(74)54-48-42-35-31-29-28-30-33-40-46-52-64(6)9-3)61-85-89(77,78)83-57-65(72)58-84-90(79,80)86-62-67(60-81-68(73)53-47-41-34-17-15-13-11-8-2)88-71(76)56-50-44-38-37-39-45-51-63(4)5/h63-67,72H,7-62H2,1-6H3,(H,77,78)(H,79,80)/t64?,65-,66-,67-/m1/s1. The third-order valence-electron chi connectivity index (χ3n) is 16.8. The van der Waals surface area contributed by atoms with Crippen LogP contribution in [-0.4, -0.2) is 96.7 Å². The molecule has 0 aromatic rings. The summed E-state index contributed by atoms with van der Waals surface area (Å²) in [7, 11) is -9.90. The van der Waals surface area contributed by atoms with E-state index < -0.39 is 97.5 Å². The number of esters is 4. The molecule has 0 fully saturated rings. The molecule has 6 atom stereocenters. The fraction of sp³-hybridized carbons (Fsp3) is 0.944. The maximum Gasteiger partial charge on any atom is 0.472 e. The average Bonchev–Trinajstić information content (AvgIpc) is 3.71. The van der Waals surface area contributed by atoms with Gasteiger partial charge >= 0.3 is 39.5 Å². The van der Waals surface area contributed by atoms with E-state index in [9.17, 15) is 43.2 Å². The summed E-state index contributed by atoms with van der Waals surface area (Å²) in [5.41, 5.74) is 0. The Morgan fingerprint density at radius 2 is 0.567 bits per heavy atom. The Kier molecular flexibility index (Phi) is 61.8. The third kappa shape index (κ3) is 63.5. The van der Waals surface area contributed by atoms with Gasteiger partial charge in [-0.1, -0.05) is 311 Å². The van der Waals surface area contributed by atoms with Crippen molar-refractivity contribution in [3.8, 4) is 0 Å². The second-order valence-corrected chi connectivity index (χ2v) is 29.3. The van der Waals surface area contributed by atoms with Gasteiger partial charge in [-0.3, -0.25) is 37.3 Å². The van der Waals surface area contributed by atoms with Gasteiger partial charge in [0.25, 0.3) is 0 Å². The van der Waals surface area contributed by atoms with Crippen LogP contribution in [0.15, 0.2) is 0 Å². The van der Waals surface area contributed by atoms with Crippen LogP contribution in [0.5, 0.6) is 0 Å². The lowest BCUT2D eigenvalue weighted by Gasteiger charge is -2.21. The first kappa shape index (κ1) is 88.1. The number of aliphatic hydroxyl groups is 1. The first-order valence-electron chi connectivity index (χ1n) is 37.0. The number of phosphoric acid groups is 2. The molecule has 0 aromatic heterocycles. The summed E-state index contributed by atoms with van der Waals surface area (Å²) in [6, 6.07) is 0. The van der Waals surface area contributed by atoms with E-state index >= 15 is 0 Å². The van der Waals surface area contributed by atoms with Crippen LogP contribution in [-0.2, 0) is 65.4 Å². The van der Waals surface area contributed by atoms with Gasteiger partial charge in [0.05, 0.1) is 26.4 Å². The lowest BCUT2D eigenvalue weighted by atomic mass is 9.99. The summed E-state index contributed by atoms with van der Waals surface area (Å²) in [4.78, 5) is 72.4. The van der Waals surface area contributed by atoms with Crippen LogP contribution in [0.1, 0.15) is 363 Å². The molecular formula is C71H138O17P2. The zero-order chi connectivity index (χ0) is 66.5. The SMILES string of the molecule is CCCCCCCCCCCCCCCCCCCCCC(=O)O[C@H](COC(=O)CCCCCCCCCCCCC(C)CC)COP(=O)(O)OC[C@@H](O)COP(=O)(O)OC[C@@H](COC(=O)CCCCCCCCCC)OC(=O)CCCCCCCCC(C)C. The molecule has 17 nitrogen and oxygen atoms in total. The van der Waals surface area contributed by atoms with E-state index in [0.717, 1.165) is 102 Å². The summed E-state index contributed by atoms with van der Waals surface area (Å²) in [6.45, 7) is 9.46.